The molecule has 5 heteroatoms. The van der Waals surface area contributed by atoms with E-state index in [0.717, 1.165) is 12.0 Å². The Kier molecular flexibility index (Phi) is 4.28. The Morgan fingerprint density at radius 1 is 1.24 bits per heavy atom. The van der Waals surface area contributed by atoms with Crippen molar-refractivity contribution in [1.82, 2.24) is 9.97 Å². The molecular weight excluding hydrogens is 218 g/mol. The van der Waals surface area contributed by atoms with Gasteiger partial charge in [0, 0.05) is 13.5 Å². The van der Waals surface area contributed by atoms with Crippen LogP contribution in [0, 0.1) is 13.8 Å². The number of aromatic nitrogens is 2. The quantitative estimate of drug-likeness (QED) is 0.849. The summed E-state index contributed by atoms with van der Waals surface area (Å²) in [6.07, 6.45) is 0.784. The molecule has 0 amide bonds. The summed E-state index contributed by atoms with van der Waals surface area (Å²) < 4.78 is 10.9. The second kappa shape index (κ2) is 5.31. The van der Waals surface area contributed by atoms with E-state index >= 15 is 0 Å². The molecule has 0 aromatic carbocycles. The van der Waals surface area contributed by atoms with Gasteiger partial charge in [-0.25, -0.2) is 4.98 Å². The van der Waals surface area contributed by atoms with Gasteiger partial charge in [0.05, 0.1) is 17.8 Å². The SMILES string of the molecule is COC(C)(C)CCOc1nc(C)nc(N)c1C. The minimum absolute atomic E-state index is 0.193. The van der Waals surface area contributed by atoms with Gasteiger partial charge in [0.25, 0.3) is 0 Å². The van der Waals surface area contributed by atoms with Gasteiger partial charge in [-0.15, -0.1) is 0 Å². The van der Waals surface area contributed by atoms with Gasteiger partial charge in [-0.2, -0.15) is 4.98 Å². The molecule has 0 bridgehead atoms. The van der Waals surface area contributed by atoms with Crippen LogP contribution < -0.4 is 10.5 Å². The molecule has 2 N–H and O–H groups in total. The third-order valence-electron chi connectivity index (χ3n) is 2.75. The zero-order chi connectivity index (χ0) is 13.1. The second-order valence-electron chi connectivity index (χ2n) is 4.65. The molecule has 17 heavy (non-hydrogen) atoms. The van der Waals surface area contributed by atoms with Crippen molar-refractivity contribution >= 4 is 5.82 Å². The van der Waals surface area contributed by atoms with Crippen LogP contribution in [0.5, 0.6) is 5.88 Å². The number of nitrogens with zero attached hydrogens (tertiary/aromatic N) is 2. The minimum Gasteiger partial charge on any atom is -0.477 e. The van der Waals surface area contributed by atoms with Crippen LogP contribution in [0.3, 0.4) is 0 Å². The summed E-state index contributed by atoms with van der Waals surface area (Å²) in [6.45, 7) is 8.22. The predicted octanol–water partition coefficient (Wildman–Crippen LogP) is 1.87. The molecule has 1 aromatic heterocycles. The van der Waals surface area contributed by atoms with Crippen molar-refractivity contribution in [3.05, 3.63) is 11.4 Å². The van der Waals surface area contributed by atoms with Crippen LogP contribution in [0.2, 0.25) is 0 Å². The zero-order valence-corrected chi connectivity index (χ0v) is 11.2. The standard InChI is InChI=1S/C12H21N3O2/c1-8-10(13)14-9(2)15-11(8)17-7-6-12(3,4)16-5/h6-7H2,1-5H3,(H2,13,14,15). The maximum absolute atomic E-state index is 5.75. The Labute approximate surface area is 102 Å². The van der Waals surface area contributed by atoms with E-state index in [9.17, 15) is 0 Å². The van der Waals surface area contributed by atoms with Gasteiger partial charge in [-0.1, -0.05) is 0 Å². The highest BCUT2D eigenvalue weighted by molar-refractivity contribution is 5.44. The molecular formula is C12H21N3O2. The number of nitrogen functional groups attached to an aromatic ring is 1. The molecule has 0 saturated carbocycles. The van der Waals surface area contributed by atoms with Crippen LogP contribution >= 0.6 is 0 Å². The van der Waals surface area contributed by atoms with E-state index in [1.54, 1.807) is 14.0 Å². The van der Waals surface area contributed by atoms with Gasteiger partial charge >= 0.3 is 0 Å². The summed E-state index contributed by atoms with van der Waals surface area (Å²) in [4.78, 5) is 8.29. The van der Waals surface area contributed by atoms with E-state index in [2.05, 4.69) is 9.97 Å². The molecule has 96 valence electrons. The highest BCUT2D eigenvalue weighted by Gasteiger charge is 2.17. The lowest BCUT2D eigenvalue weighted by Gasteiger charge is -2.22. The summed E-state index contributed by atoms with van der Waals surface area (Å²) in [5, 5.41) is 0. The topological polar surface area (TPSA) is 70.3 Å². The first-order valence-corrected chi connectivity index (χ1v) is 5.64. The number of anilines is 1. The molecule has 1 aromatic rings. The Morgan fingerprint density at radius 2 is 1.88 bits per heavy atom. The van der Waals surface area contributed by atoms with E-state index in [0.29, 0.717) is 24.1 Å². The summed E-state index contributed by atoms with van der Waals surface area (Å²) in [6, 6.07) is 0. The van der Waals surface area contributed by atoms with E-state index in [1.165, 1.54) is 0 Å². The van der Waals surface area contributed by atoms with Gasteiger partial charge in [0.15, 0.2) is 0 Å². The Balaban J connectivity index is 2.64. The van der Waals surface area contributed by atoms with Crippen molar-refractivity contribution in [1.29, 1.82) is 0 Å². The van der Waals surface area contributed by atoms with Gasteiger partial charge in [0.1, 0.15) is 11.6 Å². The number of hydrogen-bond acceptors (Lipinski definition) is 5. The molecule has 1 rings (SSSR count). The highest BCUT2D eigenvalue weighted by Crippen LogP contribution is 2.20. The average molecular weight is 239 g/mol. The number of hydrogen-bond donors (Lipinski definition) is 1. The van der Waals surface area contributed by atoms with E-state index in [1.807, 2.05) is 20.8 Å². The van der Waals surface area contributed by atoms with E-state index in [4.69, 9.17) is 15.2 Å². The lowest BCUT2D eigenvalue weighted by molar-refractivity contribution is 0.00501. The number of nitrogens with two attached hydrogens (primary N) is 1. The molecule has 0 saturated heterocycles. The van der Waals surface area contributed by atoms with Crippen molar-refractivity contribution in [3.63, 3.8) is 0 Å². The zero-order valence-electron chi connectivity index (χ0n) is 11.2. The molecule has 1 heterocycles. The molecule has 0 aliphatic rings. The second-order valence-corrected chi connectivity index (χ2v) is 4.65. The molecule has 0 unspecified atom stereocenters. The van der Waals surface area contributed by atoms with Crippen LogP contribution in [0.15, 0.2) is 0 Å². The van der Waals surface area contributed by atoms with Gasteiger partial charge in [-0.05, 0) is 27.7 Å². The monoisotopic (exact) mass is 239 g/mol. The summed E-state index contributed by atoms with van der Waals surface area (Å²) in [5.41, 5.74) is 6.34. The number of rotatable bonds is 5. The lowest BCUT2D eigenvalue weighted by atomic mass is 10.1. The van der Waals surface area contributed by atoms with Crippen LogP contribution in [0.1, 0.15) is 31.7 Å². The van der Waals surface area contributed by atoms with Crippen LogP contribution in [-0.4, -0.2) is 29.3 Å². The fraction of sp³-hybridized carbons (Fsp3) is 0.667. The molecule has 0 fully saturated rings. The maximum Gasteiger partial charge on any atom is 0.221 e. The lowest BCUT2D eigenvalue weighted by Crippen LogP contribution is -2.25. The average Bonchev–Trinajstić information content (AvgIpc) is 2.24. The van der Waals surface area contributed by atoms with Crippen molar-refractivity contribution in [2.75, 3.05) is 19.5 Å². The summed E-state index contributed by atoms with van der Waals surface area (Å²) in [5.74, 6) is 1.65. The first-order chi connectivity index (χ1) is 7.85. The maximum atomic E-state index is 5.75. The van der Waals surface area contributed by atoms with Crippen molar-refractivity contribution < 1.29 is 9.47 Å². The smallest absolute Gasteiger partial charge is 0.221 e. The van der Waals surface area contributed by atoms with Crippen molar-refractivity contribution in [2.24, 2.45) is 0 Å². The number of ether oxygens (including phenoxy) is 2. The predicted molar refractivity (Wildman–Crippen MR) is 67.1 cm³/mol. The van der Waals surface area contributed by atoms with Crippen molar-refractivity contribution in [2.45, 2.75) is 39.7 Å². The van der Waals surface area contributed by atoms with Gasteiger partial charge < -0.3 is 15.2 Å². The van der Waals surface area contributed by atoms with Gasteiger partial charge in [-0.3, -0.25) is 0 Å². The number of aryl methyl sites for hydroxylation is 1. The largest absolute Gasteiger partial charge is 0.477 e. The van der Waals surface area contributed by atoms with Crippen LogP contribution in [-0.2, 0) is 4.74 Å². The Bertz CT molecular complexity index is 392. The Morgan fingerprint density at radius 3 is 2.47 bits per heavy atom. The van der Waals surface area contributed by atoms with E-state index in [-0.39, 0.29) is 5.60 Å². The molecule has 0 aliphatic heterocycles. The highest BCUT2D eigenvalue weighted by atomic mass is 16.5. The third-order valence-corrected chi connectivity index (χ3v) is 2.75. The summed E-state index contributed by atoms with van der Waals surface area (Å²) in [7, 11) is 1.69. The van der Waals surface area contributed by atoms with Crippen molar-refractivity contribution in [3.8, 4) is 5.88 Å². The van der Waals surface area contributed by atoms with Gasteiger partial charge in [0.2, 0.25) is 5.88 Å². The molecule has 0 spiro atoms. The summed E-state index contributed by atoms with van der Waals surface area (Å²) >= 11 is 0. The fourth-order valence-corrected chi connectivity index (χ4v) is 1.26. The first-order valence-electron chi connectivity index (χ1n) is 5.64. The van der Waals surface area contributed by atoms with E-state index < -0.39 is 0 Å². The first kappa shape index (κ1) is 13.7. The molecule has 5 nitrogen and oxygen atoms in total. The van der Waals surface area contributed by atoms with Crippen LogP contribution in [0.25, 0.3) is 0 Å². The minimum atomic E-state index is -0.193. The fourth-order valence-electron chi connectivity index (χ4n) is 1.26. The Hall–Kier alpha value is -1.36. The van der Waals surface area contributed by atoms with Crippen LogP contribution in [0.4, 0.5) is 5.82 Å². The normalized spacial score (nSPS) is 11.6. The molecule has 0 radical (unpaired) electrons. The molecule has 0 atom stereocenters. The third kappa shape index (κ3) is 3.85. The molecule has 0 aliphatic carbocycles. The number of methoxy groups -OCH3 is 1.